The summed E-state index contributed by atoms with van der Waals surface area (Å²) in [6.45, 7) is 0.911. The molecule has 5 heteroatoms. The molecule has 116 valence electrons. The number of fused-ring (bicyclic) bond motifs is 1. The van der Waals surface area contributed by atoms with Gasteiger partial charge < -0.3 is 5.32 Å². The van der Waals surface area contributed by atoms with Crippen LogP contribution in [-0.4, -0.2) is 20.7 Å². The van der Waals surface area contributed by atoms with Gasteiger partial charge in [0.15, 0.2) is 0 Å². The second kappa shape index (κ2) is 6.26. The number of hydrogen-bond acceptors (Lipinski definition) is 3. The number of sulfonamides is 1. The molecule has 0 unspecified atom stereocenters. The maximum atomic E-state index is 12.4. The summed E-state index contributed by atoms with van der Waals surface area (Å²) in [4.78, 5) is 0. The van der Waals surface area contributed by atoms with E-state index >= 15 is 0 Å². The predicted molar refractivity (Wildman–Crippen MR) is 87.2 cm³/mol. The Labute approximate surface area is 127 Å². The molecule has 3 rings (SSSR count). The van der Waals surface area contributed by atoms with Crippen molar-refractivity contribution in [3.05, 3.63) is 23.8 Å². The Morgan fingerprint density at radius 3 is 2.76 bits per heavy atom. The van der Waals surface area contributed by atoms with Crippen LogP contribution in [0.2, 0.25) is 0 Å². The van der Waals surface area contributed by atoms with Crippen LogP contribution in [0.3, 0.4) is 0 Å². The van der Waals surface area contributed by atoms with Gasteiger partial charge in [0.1, 0.15) is 0 Å². The Balaban J connectivity index is 1.73. The normalized spacial score (nSPS) is 19.6. The van der Waals surface area contributed by atoms with Crippen molar-refractivity contribution in [2.24, 2.45) is 5.92 Å². The summed E-state index contributed by atoms with van der Waals surface area (Å²) >= 11 is 0. The summed E-state index contributed by atoms with van der Waals surface area (Å²) in [7, 11) is -3.26. The van der Waals surface area contributed by atoms with Gasteiger partial charge in [-0.1, -0.05) is 31.4 Å². The molecule has 4 nitrogen and oxygen atoms in total. The topological polar surface area (TPSA) is 58.2 Å². The van der Waals surface area contributed by atoms with Crippen molar-refractivity contribution in [2.75, 3.05) is 22.3 Å². The minimum atomic E-state index is -3.26. The maximum Gasteiger partial charge on any atom is 0.233 e. The zero-order valence-corrected chi connectivity index (χ0v) is 13.2. The van der Waals surface area contributed by atoms with Crippen LogP contribution in [0.1, 0.15) is 44.1 Å². The van der Waals surface area contributed by atoms with Crippen LogP contribution in [0.25, 0.3) is 0 Å². The number of anilines is 2. The quantitative estimate of drug-likeness (QED) is 0.896. The van der Waals surface area contributed by atoms with Gasteiger partial charge in [-0.25, -0.2) is 8.42 Å². The largest absolute Gasteiger partial charge is 0.383 e. The molecule has 2 N–H and O–H groups in total. The number of hydrogen-bond donors (Lipinski definition) is 2. The average Bonchev–Trinajstić information content (AvgIpc) is 2.48. The third-order valence-electron chi connectivity index (χ3n) is 4.52. The molecule has 1 aliphatic heterocycles. The van der Waals surface area contributed by atoms with Crippen molar-refractivity contribution in [2.45, 2.75) is 44.9 Å². The van der Waals surface area contributed by atoms with Gasteiger partial charge >= 0.3 is 0 Å². The molecule has 1 aromatic carbocycles. The summed E-state index contributed by atoms with van der Waals surface area (Å²) in [6, 6.07) is 5.86. The smallest absolute Gasteiger partial charge is 0.233 e. The third-order valence-corrected chi connectivity index (χ3v) is 5.96. The molecule has 0 atom stereocenters. The van der Waals surface area contributed by atoms with Crippen LogP contribution in [0.5, 0.6) is 0 Å². The lowest BCUT2D eigenvalue weighted by Crippen LogP contribution is -2.25. The summed E-state index contributed by atoms with van der Waals surface area (Å²) in [6.07, 6.45) is 7.80. The zero-order valence-electron chi connectivity index (χ0n) is 12.4. The van der Waals surface area contributed by atoms with Crippen molar-refractivity contribution >= 4 is 21.4 Å². The first kappa shape index (κ1) is 14.7. The maximum absolute atomic E-state index is 12.4. The molecular formula is C16H24N2O2S. The molecule has 0 bridgehead atoms. The number of para-hydroxylation sites is 1. The second-order valence-electron chi connectivity index (χ2n) is 6.26. The van der Waals surface area contributed by atoms with Crippen LogP contribution >= 0.6 is 0 Å². The van der Waals surface area contributed by atoms with Crippen LogP contribution < -0.4 is 10.0 Å². The van der Waals surface area contributed by atoms with Crippen molar-refractivity contribution in [3.63, 3.8) is 0 Å². The minimum Gasteiger partial charge on any atom is -0.383 e. The molecule has 2 aliphatic rings. The van der Waals surface area contributed by atoms with Gasteiger partial charge in [-0.15, -0.1) is 0 Å². The van der Waals surface area contributed by atoms with E-state index in [0.29, 0.717) is 11.6 Å². The first-order valence-corrected chi connectivity index (χ1v) is 9.65. The molecule has 0 aromatic heterocycles. The molecule has 21 heavy (non-hydrogen) atoms. The fourth-order valence-electron chi connectivity index (χ4n) is 3.47. The van der Waals surface area contributed by atoms with Gasteiger partial charge in [0.25, 0.3) is 0 Å². The van der Waals surface area contributed by atoms with Gasteiger partial charge in [0, 0.05) is 6.54 Å². The van der Waals surface area contributed by atoms with Gasteiger partial charge in [-0.05, 0) is 43.2 Å². The fraction of sp³-hybridized carbons (Fsp3) is 0.625. The van der Waals surface area contributed by atoms with E-state index in [1.165, 1.54) is 24.8 Å². The van der Waals surface area contributed by atoms with Gasteiger partial charge in [-0.2, -0.15) is 0 Å². The molecule has 1 heterocycles. The minimum absolute atomic E-state index is 0.261. The van der Waals surface area contributed by atoms with E-state index in [4.69, 9.17) is 0 Å². The van der Waals surface area contributed by atoms with Crippen LogP contribution in [0.15, 0.2) is 18.2 Å². The summed E-state index contributed by atoms with van der Waals surface area (Å²) < 4.78 is 27.6. The first-order valence-electron chi connectivity index (χ1n) is 8.00. The van der Waals surface area contributed by atoms with Crippen molar-refractivity contribution in [1.29, 1.82) is 0 Å². The Morgan fingerprint density at radius 2 is 1.95 bits per heavy atom. The Hall–Kier alpha value is -1.23. The zero-order chi connectivity index (χ0) is 14.7. The highest BCUT2D eigenvalue weighted by Crippen LogP contribution is 2.31. The third kappa shape index (κ3) is 3.70. The average molecular weight is 308 g/mol. The van der Waals surface area contributed by atoms with E-state index in [-0.39, 0.29) is 5.75 Å². The van der Waals surface area contributed by atoms with Gasteiger partial charge in [-0.3, -0.25) is 4.72 Å². The van der Waals surface area contributed by atoms with Gasteiger partial charge in [0.05, 0.1) is 17.1 Å². The molecule has 1 fully saturated rings. The number of aryl methyl sites for hydroxylation is 1. The lowest BCUT2D eigenvalue weighted by Gasteiger charge is -2.24. The monoisotopic (exact) mass is 308 g/mol. The highest BCUT2D eigenvalue weighted by Gasteiger charge is 2.23. The first-order chi connectivity index (χ1) is 10.1. The lowest BCUT2D eigenvalue weighted by atomic mass is 9.91. The Kier molecular flexibility index (Phi) is 4.38. The summed E-state index contributed by atoms with van der Waals surface area (Å²) in [5.74, 6) is 0.583. The van der Waals surface area contributed by atoms with Crippen molar-refractivity contribution in [1.82, 2.24) is 0 Å². The highest BCUT2D eigenvalue weighted by molar-refractivity contribution is 7.92. The number of rotatable bonds is 4. The van der Waals surface area contributed by atoms with E-state index in [2.05, 4.69) is 16.1 Å². The van der Waals surface area contributed by atoms with Crippen LogP contribution in [0, 0.1) is 5.92 Å². The second-order valence-corrected chi connectivity index (χ2v) is 8.02. The molecule has 0 amide bonds. The van der Waals surface area contributed by atoms with E-state index in [1.807, 2.05) is 12.1 Å². The van der Waals surface area contributed by atoms with E-state index < -0.39 is 10.0 Å². The predicted octanol–water partition coefficient (Wildman–Crippen LogP) is 3.37. The summed E-state index contributed by atoms with van der Waals surface area (Å²) in [5.41, 5.74) is 2.89. The molecule has 1 saturated carbocycles. The molecule has 0 radical (unpaired) electrons. The Morgan fingerprint density at radius 1 is 1.14 bits per heavy atom. The van der Waals surface area contributed by atoms with Crippen LogP contribution in [-0.2, 0) is 16.4 Å². The van der Waals surface area contributed by atoms with Crippen molar-refractivity contribution in [3.8, 4) is 0 Å². The molecule has 1 aliphatic carbocycles. The van der Waals surface area contributed by atoms with E-state index in [9.17, 15) is 8.42 Å². The van der Waals surface area contributed by atoms with Crippen LogP contribution in [0.4, 0.5) is 11.4 Å². The fourth-order valence-corrected chi connectivity index (χ4v) is 5.01. The number of benzene rings is 1. The van der Waals surface area contributed by atoms with Crippen molar-refractivity contribution < 1.29 is 8.42 Å². The highest BCUT2D eigenvalue weighted by atomic mass is 32.2. The summed E-state index contributed by atoms with van der Waals surface area (Å²) in [5, 5.41) is 3.33. The lowest BCUT2D eigenvalue weighted by molar-refractivity contribution is 0.385. The Bertz CT molecular complexity index is 592. The molecular weight excluding hydrogens is 284 g/mol. The van der Waals surface area contributed by atoms with E-state index in [0.717, 1.165) is 37.9 Å². The van der Waals surface area contributed by atoms with Gasteiger partial charge in [0.2, 0.25) is 10.0 Å². The standard InChI is InChI=1S/C16H24N2O2S/c19-21(20,12-13-6-2-1-3-7-13)18-15-10-4-8-14-9-5-11-17-16(14)15/h4,8,10,13,17-18H,1-3,5-7,9,11-12H2. The SMILES string of the molecule is O=S(=O)(CC1CCCCC1)Nc1cccc2c1NCCC2. The van der Waals surface area contributed by atoms with E-state index in [1.54, 1.807) is 0 Å². The molecule has 1 aromatic rings. The molecule has 0 saturated heterocycles. The number of nitrogens with one attached hydrogen (secondary N) is 2. The molecule has 0 spiro atoms.